The Morgan fingerprint density at radius 2 is 1.73 bits per heavy atom. The van der Waals surface area contributed by atoms with Gasteiger partial charge in [-0.25, -0.2) is 14.8 Å². The molecule has 1 aromatic carbocycles. The minimum absolute atomic E-state index is 0.0864. The summed E-state index contributed by atoms with van der Waals surface area (Å²) in [4.78, 5) is 20.3. The van der Waals surface area contributed by atoms with Gasteiger partial charge in [-0.3, -0.25) is 0 Å². The zero-order valence-corrected chi connectivity index (χ0v) is 13.6. The number of hydrogen-bond donors (Lipinski definition) is 1. The molecule has 2 aromatic rings. The van der Waals surface area contributed by atoms with Crippen molar-refractivity contribution >= 4 is 11.8 Å². The number of nitrogens with two attached hydrogens (primary N) is 1. The number of rotatable bonds is 2. The Morgan fingerprint density at radius 3 is 2.18 bits per heavy atom. The molecule has 0 fully saturated rings. The number of carbonyl (C=O) groups excluding carboxylic acids is 1. The van der Waals surface area contributed by atoms with E-state index in [-0.39, 0.29) is 16.8 Å². The summed E-state index contributed by atoms with van der Waals surface area (Å²) < 4.78 is 4.70. The maximum absolute atomic E-state index is 11.7. The molecule has 0 bridgehead atoms. The minimum atomic E-state index is -0.523. The van der Waals surface area contributed by atoms with Crippen LogP contribution in [0.2, 0.25) is 0 Å². The van der Waals surface area contributed by atoms with Crippen LogP contribution in [-0.2, 0) is 10.2 Å². The largest absolute Gasteiger partial charge is 0.465 e. The van der Waals surface area contributed by atoms with Crippen molar-refractivity contribution in [1.82, 2.24) is 9.97 Å². The Labute approximate surface area is 130 Å². The Balaban J connectivity index is 2.44. The van der Waals surface area contributed by atoms with E-state index >= 15 is 0 Å². The molecule has 0 amide bonds. The van der Waals surface area contributed by atoms with Gasteiger partial charge in [-0.05, 0) is 17.9 Å². The number of anilines is 1. The van der Waals surface area contributed by atoms with Crippen LogP contribution in [0.25, 0.3) is 11.4 Å². The number of benzene rings is 1. The molecule has 0 radical (unpaired) electrons. The number of methoxy groups -OCH3 is 1. The molecule has 0 aliphatic carbocycles. The van der Waals surface area contributed by atoms with Crippen LogP contribution in [0.15, 0.2) is 24.3 Å². The van der Waals surface area contributed by atoms with Crippen LogP contribution in [0.3, 0.4) is 0 Å². The number of ether oxygens (including phenoxy) is 1. The molecule has 1 heterocycles. The van der Waals surface area contributed by atoms with E-state index in [0.717, 1.165) is 5.56 Å². The smallest absolute Gasteiger partial charge is 0.343 e. The van der Waals surface area contributed by atoms with Crippen LogP contribution in [0.1, 0.15) is 42.4 Å². The molecule has 0 unspecified atom stereocenters. The fourth-order valence-corrected chi connectivity index (χ4v) is 2.20. The van der Waals surface area contributed by atoms with Crippen molar-refractivity contribution in [3.05, 3.63) is 41.1 Å². The van der Waals surface area contributed by atoms with E-state index in [1.165, 1.54) is 12.7 Å². The number of aromatic nitrogens is 2. The van der Waals surface area contributed by atoms with E-state index in [9.17, 15) is 4.79 Å². The lowest BCUT2D eigenvalue weighted by atomic mass is 9.86. The molecule has 22 heavy (non-hydrogen) atoms. The van der Waals surface area contributed by atoms with Crippen molar-refractivity contribution in [3.8, 4) is 11.4 Å². The highest BCUT2D eigenvalue weighted by Crippen LogP contribution is 2.26. The van der Waals surface area contributed by atoms with Crippen LogP contribution in [0.4, 0.5) is 5.82 Å². The van der Waals surface area contributed by atoms with Gasteiger partial charge in [-0.1, -0.05) is 45.0 Å². The fraction of sp³-hybridized carbons (Fsp3) is 0.353. The summed E-state index contributed by atoms with van der Waals surface area (Å²) in [7, 11) is 1.31. The van der Waals surface area contributed by atoms with Gasteiger partial charge in [0.25, 0.3) is 0 Å². The third-order valence-electron chi connectivity index (χ3n) is 3.52. The molecular weight excluding hydrogens is 278 g/mol. The van der Waals surface area contributed by atoms with Gasteiger partial charge in [0.1, 0.15) is 11.4 Å². The molecule has 5 nitrogen and oxygen atoms in total. The molecule has 2 rings (SSSR count). The van der Waals surface area contributed by atoms with E-state index in [2.05, 4.69) is 42.9 Å². The first-order valence-electron chi connectivity index (χ1n) is 7.07. The number of esters is 1. The predicted octanol–water partition coefficient (Wildman–Crippen LogP) is 3.12. The van der Waals surface area contributed by atoms with E-state index in [0.29, 0.717) is 11.5 Å². The fourth-order valence-electron chi connectivity index (χ4n) is 2.20. The van der Waals surface area contributed by atoms with Gasteiger partial charge >= 0.3 is 5.97 Å². The molecule has 0 aliphatic rings. The van der Waals surface area contributed by atoms with E-state index in [1.54, 1.807) is 6.92 Å². The van der Waals surface area contributed by atoms with Gasteiger partial charge in [-0.2, -0.15) is 0 Å². The summed E-state index contributed by atoms with van der Waals surface area (Å²) in [5, 5.41) is 0. The minimum Gasteiger partial charge on any atom is -0.465 e. The van der Waals surface area contributed by atoms with Gasteiger partial charge in [0.15, 0.2) is 5.82 Å². The molecule has 5 heteroatoms. The number of nitrogen functional groups attached to an aromatic ring is 1. The zero-order valence-electron chi connectivity index (χ0n) is 13.6. The monoisotopic (exact) mass is 299 g/mol. The first-order chi connectivity index (χ1) is 10.2. The van der Waals surface area contributed by atoms with Crippen molar-refractivity contribution in [2.24, 2.45) is 0 Å². The summed E-state index contributed by atoms with van der Waals surface area (Å²) in [6, 6.07) is 8.04. The maximum atomic E-state index is 11.7. The maximum Gasteiger partial charge on any atom is 0.343 e. The number of nitrogens with zero attached hydrogens (tertiary/aromatic N) is 2. The summed E-state index contributed by atoms with van der Waals surface area (Å²) in [6.07, 6.45) is 0. The van der Waals surface area contributed by atoms with Crippen molar-refractivity contribution in [2.45, 2.75) is 33.1 Å². The average Bonchev–Trinajstić information content (AvgIpc) is 2.45. The van der Waals surface area contributed by atoms with Crippen molar-refractivity contribution in [2.75, 3.05) is 12.8 Å². The third kappa shape index (κ3) is 3.08. The summed E-state index contributed by atoms with van der Waals surface area (Å²) in [5.41, 5.74) is 8.79. The lowest BCUT2D eigenvalue weighted by Crippen LogP contribution is -2.12. The van der Waals surface area contributed by atoms with Crippen molar-refractivity contribution < 1.29 is 9.53 Å². The second-order valence-corrected chi connectivity index (χ2v) is 6.21. The normalized spacial score (nSPS) is 11.3. The molecule has 0 aliphatic heterocycles. The molecule has 2 N–H and O–H groups in total. The standard InChI is InChI=1S/C17H21N3O2/c1-10-13(16(21)22-5)14(18)20-15(19-10)11-6-8-12(9-7-11)17(2,3)4/h6-9H,1-5H3,(H2,18,19,20). The van der Waals surface area contributed by atoms with Gasteiger partial charge in [0.05, 0.1) is 12.8 Å². The Hall–Kier alpha value is -2.43. The number of hydrogen-bond acceptors (Lipinski definition) is 5. The molecule has 0 spiro atoms. The summed E-state index contributed by atoms with van der Waals surface area (Å²) in [6.45, 7) is 8.20. The van der Waals surface area contributed by atoms with E-state index in [4.69, 9.17) is 10.5 Å². The topological polar surface area (TPSA) is 78.1 Å². The van der Waals surface area contributed by atoms with Gasteiger partial charge in [0, 0.05) is 5.56 Å². The lowest BCUT2D eigenvalue weighted by Gasteiger charge is -2.19. The molecule has 0 saturated carbocycles. The van der Waals surface area contributed by atoms with Crippen LogP contribution >= 0.6 is 0 Å². The quantitative estimate of drug-likeness (QED) is 0.862. The van der Waals surface area contributed by atoms with Crippen molar-refractivity contribution in [1.29, 1.82) is 0 Å². The van der Waals surface area contributed by atoms with Crippen LogP contribution < -0.4 is 5.73 Å². The predicted molar refractivity (Wildman–Crippen MR) is 86.7 cm³/mol. The number of aryl methyl sites for hydroxylation is 1. The average molecular weight is 299 g/mol. The molecule has 1 aromatic heterocycles. The summed E-state index contributed by atoms with van der Waals surface area (Å²) in [5.74, 6) is 0.113. The van der Waals surface area contributed by atoms with Gasteiger partial charge in [-0.15, -0.1) is 0 Å². The van der Waals surface area contributed by atoms with Gasteiger partial charge in [0.2, 0.25) is 0 Å². The lowest BCUT2D eigenvalue weighted by molar-refractivity contribution is 0.0600. The van der Waals surface area contributed by atoms with E-state index < -0.39 is 5.97 Å². The van der Waals surface area contributed by atoms with Crippen molar-refractivity contribution in [3.63, 3.8) is 0 Å². The Bertz CT molecular complexity index is 678. The highest BCUT2D eigenvalue weighted by Gasteiger charge is 2.18. The Kier molecular flexibility index (Phi) is 4.17. The van der Waals surface area contributed by atoms with Crippen LogP contribution in [-0.4, -0.2) is 23.0 Å². The highest BCUT2D eigenvalue weighted by molar-refractivity contribution is 5.95. The SMILES string of the molecule is COC(=O)c1c(C)nc(-c2ccc(C(C)(C)C)cc2)nc1N. The highest BCUT2D eigenvalue weighted by atomic mass is 16.5. The zero-order chi connectivity index (χ0) is 16.5. The van der Waals surface area contributed by atoms with Gasteiger partial charge < -0.3 is 10.5 Å². The first kappa shape index (κ1) is 15.9. The molecule has 116 valence electrons. The molecular formula is C17H21N3O2. The summed E-state index contributed by atoms with van der Waals surface area (Å²) >= 11 is 0. The van der Waals surface area contributed by atoms with Crippen LogP contribution in [0.5, 0.6) is 0 Å². The third-order valence-corrected chi connectivity index (χ3v) is 3.52. The molecule has 0 atom stereocenters. The Morgan fingerprint density at radius 1 is 1.14 bits per heavy atom. The number of carbonyl (C=O) groups is 1. The van der Waals surface area contributed by atoms with Crippen LogP contribution in [0, 0.1) is 6.92 Å². The molecule has 0 saturated heterocycles. The second-order valence-electron chi connectivity index (χ2n) is 6.21. The first-order valence-corrected chi connectivity index (χ1v) is 7.07. The second kappa shape index (κ2) is 5.75. The van der Waals surface area contributed by atoms with E-state index in [1.807, 2.05) is 12.1 Å².